The Kier molecular flexibility index (Phi) is 8.84. The lowest BCUT2D eigenvalue weighted by Crippen LogP contribution is -2.27. The fraction of sp³-hybridized carbons (Fsp3) is 0.174. The van der Waals surface area contributed by atoms with Crippen molar-refractivity contribution in [3.63, 3.8) is 0 Å². The van der Waals surface area contributed by atoms with E-state index in [1.807, 2.05) is 6.92 Å². The number of thiazole rings is 1. The number of nitrogens with one attached hydrogen (secondary N) is 2. The molecule has 0 aliphatic rings. The number of alkyl halides is 3. The zero-order chi connectivity index (χ0) is 27.2. The minimum atomic E-state index is -4.70. The highest BCUT2D eigenvalue weighted by molar-refractivity contribution is 7.13. The maximum atomic E-state index is 13.0. The van der Waals surface area contributed by atoms with Crippen molar-refractivity contribution < 1.29 is 22.8 Å². The third kappa shape index (κ3) is 7.27. The largest absolute Gasteiger partial charge is 0.418 e. The predicted octanol–water partition coefficient (Wildman–Crippen LogP) is 5.36. The first kappa shape index (κ1) is 27.6. The van der Waals surface area contributed by atoms with Crippen LogP contribution in [0.1, 0.15) is 56.3 Å². The molecule has 2 N–H and O–H groups in total. The molecule has 0 aromatic carbocycles. The average molecular weight is 550 g/mol. The van der Waals surface area contributed by atoms with Crippen LogP contribution in [-0.2, 0) is 6.18 Å². The van der Waals surface area contributed by atoms with Crippen molar-refractivity contribution >= 4 is 52.9 Å². The molecular formula is C23H19ClF3N7O2S. The fourth-order valence-corrected chi connectivity index (χ4v) is 3.88. The number of aromatic nitrogens is 4. The van der Waals surface area contributed by atoms with E-state index in [1.165, 1.54) is 24.8 Å². The van der Waals surface area contributed by atoms with Crippen LogP contribution in [0.4, 0.5) is 19.0 Å². The van der Waals surface area contributed by atoms with Crippen LogP contribution in [0.15, 0.2) is 54.2 Å². The van der Waals surface area contributed by atoms with E-state index in [4.69, 9.17) is 11.6 Å². The molecule has 14 heteroatoms. The molecule has 0 bridgehead atoms. The molecule has 2 amide bonds. The molecule has 37 heavy (non-hydrogen) atoms. The highest BCUT2D eigenvalue weighted by atomic mass is 35.5. The number of hydrogen-bond acceptors (Lipinski definition) is 8. The van der Waals surface area contributed by atoms with Crippen LogP contribution < -0.4 is 10.6 Å². The van der Waals surface area contributed by atoms with Gasteiger partial charge >= 0.3 is 6.18 Å². The Morgan fingerprint density at radius 3 is 2.57 bits per heavy atom. The Morgan fingerprint density at radius 1 is 1.14 bits per heavy atom. The number of halogens is 4. The first-order valence-corrected chi connectivity index (χ1v) is 11.6. The molecule has 0 saturated carbocycles. The van der Waals surface area contributed by atoms with Crippen LogP contribution in [-0.4, -0.2) is 38.5 Å². The van der Waals surface area contributed by atoms with Gasteiger partial charge in [0.2, 0.25) is 0 Å². The molecule has 3 rings (SSSR count). The molecule has 0 radical (unpaired) electrons. The zero-order valence-electron chi connectivity index (χ0n) is 19.4. The van der Waals surface area contributed by atoms with Crippen LogP contribution in [0, 0.1) is 0 Å². The Balaban J connectivity index is 1.68. The van der Waals surface area contributed by atoms with Gasteiger partial charge in [-0.3, -0.25) is 14.6 Å². The fourth-order valence-electron chi connectivity index (χ4n) is 2.86. The maximum Gasteiger partial charge on any atom is 0.418 e. The molecule has 192 valence electrons. The van der Waals surface area contributed by atoms with Gasteiger partial charge in [0.25, 0.3) is 11.8 Å². The summed E-state index contributed by atoms with van der Waals surface area (Å²) >= 11 is 6.51. The van der Waals surface area contributed by atoms with Crippen LogP contribution in [0.5, 0.6) is 0 Å². The van der Waals surface area contributed by atoms with Crippen molar-refractivity contribution in [2.75, 3.05) is 5.32 Å². The second-order valence-electron chi connectivity index (χ2n) is 7.42. The minimum Gasteiger partial charge on any atom is -0.342 e. The van der Waals surface area contributed by atoms with Gasteiger partial charge in [-0.1, -0.05) is 17.7 Å². The molecule has 0 unspecified atom stereocenters. The third-order valence-electron chi connectivity index (χ3n) is 4.71. The molecule has 3 aromatic heterocycles. The van der Waals surface area contributed by atoms with Gasteiger partial charge in [0.05, 0.1) is 28.5 Å². The molecule has 0 fully saturated rings. The normalized spacial score (nSPS) is 12.9. The van der Waals surface area contributed by atoms with Crippen molar-refractivity contribution in [3.8, 4) is 0 Å². The van der Waals surface area contributed by atoms with Crippen LogP contribution in [0.2, 0.25) is 5.02 Å². The van der Waals surface area contributed by atoms with Crippen molar-refractivity contribution in [1.29, 1.82) is 0 Å². The summed E-state index contributed by atoms with van der Waals surface area (Å²) in [4.78, 5) is 44.9. The van der Waals surface area contributed by atoms with Gasteiger partial charge in [-0.2, -0.15) is 13.2 Å². The van der Waals surface area contributed by atoms with Crippen molar-refractivity contribution in [3.05, 3.63) is 81.1 Å². The lowest BCUT2D eigenvalue weighted by Gasteiger charge is -2.11. The SMILES string of the molecule is C=N/C=C\C=C(/C)c1cc(C(=O)N[C@H](C)c2ncc(C(=O)Nc3cc(C(F)(F)F)c(Cl)cn3)s2)ncn1. The summed E-state index contributed by atoms with van der Waals surface area (Å²) in [6.45, 7) is 6.82. The highest BCUT2D eigenvalue weighted by Gasteiger charge is 2.34. The van der Waals surface area contributed by atoms with Crippen molar-refractivity contribution in [2.24, 2.45) is 4.99 Å². The summed E-state index contributed by atoms with van der Waals surface area (Å²) in [5.41, 5.74) is 0.320. The van der Waals surface area contributed by atoms with Crippen LogP contribution >= 0.6 is 22.9 Å². The van der Waals surface area contributed by atoms with Gasteiger partial charge in [-0.05, 0) is 44.3 Å². The quantitative estimate of drug-likeness (QED) is 0.288. The Hall–Kier alpha value is -3.97. The molecular weight excluding hydrogens is 531 g/mol. The average Bonchev–Trinajstić information content (AvgIpc) is 3.35. The molecule has 9 nitrogen and oxygen atoms in total. The number of nitrogens with zero attached hydrogens (tertiary/aromatic N) is 5. The molecule has 0 aliphatic heterocycles. The van der Waals surface area contributed by atoms with E-state index in [0.717, 1.165) is 23.1 Å². The molecule has 0 aliphatic carbocycles. The summed E-state index contributed by atoms with van der Waals surface area (Å²) in [6.07, 6.45) is 3.57. The smallest absolute Gasteiger partial charge is 0.342 e. The first-order valence-electron chi connectivity index (χ1n) is 10.4. The molecule has 1 atom stereocenters. The minimum absolute atomic E-state index is 0.105. The second-order valence-corrected chi connectivity index (χ2v) is 8.89. The lowest BCUT2D eigenvalue weighted by atomic mass is 10.1. The number of allylic oxidation sites excluding steroid dienone is 3. The Morgan fingerprint density at radius 2 is 1.86 bits per heavy atom. The van der Waals surface area contributed by atoms with E-state index in [2.05, 4.69) is 42.3 Å². The predicted molar refractivity (Wildman–Crippen MR) is 135 cm³/mol. The van der Waals surface area contributed by atoms with Crippen molar-refractivity contribution in [1.82, 2.24) is 25.3 Å². The molecule has 3 aromatic rings. The summed E-state index contributed by atoms with van der Waals surface area (Å²) in [7, 11) is 0. The number of amides is 2. The Labute approximate surface area is 218 Å². The summed E-state index contributed by atoms with van der Waals surface area (Å²) in [5.74, 6) is -1.52. The summed E-state index contributed by atoms with van der Waals surface area (Å²) < 4.78 is 39.1. The number of carbonyl (C=O) groups is 2. The number of hydrogen-bond donors (Lipinski definition) is 2. The maximum absolute atomic E-state index is 13.0. The van der Waals surface area contributed by atoms with E-state index < -0.39 is 34.6 Å². The van der Waals surface area contributed by atoms with Gasteiger partial charge in [-0.15, -0.1) is 11.3 Å². The monoisotopic (exact) mass is 549 g/mol. The number of carbonyl (C=O) groups excluding carboxylic acids is 2. The summed E-state index contributed by atoms with van der Waals surface area (Å²) in [6, 6.07) is 1.57. The number of rotatable bonds is 8. The highest BCUT2D eigenvalue weighted by Crippen LogP contribution is 2.35. The van der Waals surface area contributed by atoms with E-state index in [-0.39, 0.29) is 16.4 Å². The van der Waals surface area contributed by atoms with Crippen LogP contribution in [0.25, 0.3) is 5.57 Å². The topological polar surface area (TPSA) is 122 Å². The first-order chi connectivity index (χ1) is 17.5. The third-order valence-corrected chi connectivity index (χ3v) is 6.19. The van der Waals surface area contributed by atoms with Gasteiger partial charge in [0.15, 0.2) is 0 Å². The summed E-state index contributed by atoms with van der Waals surface area (Å²) in [5, 5.41) is 4.84. The van der Waals surface area contributed by atoms with Gasteiger partial charge in [-0.25, -0.2) is 19.9 Å². The lowest BCUT2D eigenvalue weighted by molar-refractivity contribution is -0.137. The van der Waals surface area contributed by atoms with Gasteiger partial charge in [0, 0.05) is 12.4 Å². The van der Waals surface area contributed by atoms with E-state index in [9.17, 15) is 22.8 Å². The number of aliphatic imine (C=N–C) groups is 1. The van der Waals surface area contributed by atoms with Gasteiger partial charge in [0.1, 0.15) is 27.7 Å². The zero-order valence-corrected chi connectivity index (χ0v) is 20.9. The molecule has 0 saturated heterocycles. The molecule has 0 spiro atoms. The van der Waals surface area contributed by atoms with E-state index >= 15 is 0 Å². The van der Waals surface area contributed by atoms with Crippen LogP contribution in [0.3, 0.4) is 0 Å². The molecule has 3 heterocycles. The number of anilines is 1. The number of pyridine rings is 1. The van der Waals surface area contributed by atoms with E-state index in [1.54, 1.807) is 19.1 Å². The van der Waals surface area contributed by atoms with E-state index in [0.29, 0.717) is 16.8 Å². The standard InChI is InChI=1S/C23H19ClF3N7O2S/c1-12(5-4-6-28-3)16-8-17(32-11-31-16)20(35)33-13(2)22-30-10-18(37-22)21(36)34-19-7-14(23(25,26)27)15(24)9-29-19/h4-11,13H,3H2,1-2H3,(H,33,35)(H,29,34,36)/b6-4-,12-5+/t13-/m1/s1. The van der Waals surface area contributed by atoms with Gasteiger partial charge < -0.3 is 10.6 Å². The Bertz CT molecular complexity index is 1390. The van der Waals surface area contributed by atoms with Crippen molar-refractivity contribution in [2.45, 2.75) is 26.1 Å². The second kappa shape index (κ2) is 11.8.